The van der Waals surface area contributed by atoms with Gasteiger partial charge in [-0.15, -0.1) is 0 Å². The Morgan fingerprint density at radius 3 is 2.26 bits per heavy atom. The largest absolute Gasteiger partial charge is 0.444 e. The first-order valence-corrected chi connectivity index (χ1v) is 13.6. The summed E-state index contributed by atoms with van der Waals surface area (Å²) in [6, 6.07) is 13.7. The van der Waals surface area contributed by atoms with Crippen LogP contribution in [-0.2, 0) is 15.9 Å². The topological polar surface area (TPSA) is 71.1 Å². The number of carbonyl (C=O) groups excluding carboxylic acids is 2. The van der Waals surface area contributed by atoms with Crippen LogP contribution in [0.1, 0.15) is 57.3 Å². The molecule has 1 unspecified atom stereocenters. The van der Waals surface area contributed by atoms with E-state index in [-0.39, 0.29) is 12.1 Å². The summed E-state index contributed by atoms with van der Waals surface area (Å²) >= 11 is 0. The molecule has 2 aliphatic heterocycles. The molecule has 0 saturated carbocycles. The minimum atomic E-state index is -1.04. The predicted molar refractivity (Wildman–Crippen MR) is 145 cm³/mol. The number of likely N-dealkylation sites (tertiary alicyclic amines) is 1. The van der Waals surface area contributed by atoms with E-state index in [1.807, 2.05) is 57.2 Å². The highest BCUT2D eigenvalue weighted by Crippen LogP contribution is 2.53. The molecular weight excluding hydrogens is 485 g/mol. The third kappa shape index (κ3) is 5.65. The van der Waals surface area contributed by atoms with E-state index in [2.05, 4.69) is 11.4 Å². The average molecular weight is 524 g/mol. The number of ether oxygens (including phenoxy) is 2. The summed E-state index contributed by atoms with van der Waals surface area (Å²) in [4.78, 5) is 28.4. The third-order valence-electron chi connectivity index (χ3n) is 8.02. The molecule has 7 nitrogen and oxygen atoms in total. The fourth-order valence-electron chi connectivity index (χ4n) is 5.77. The average Bonchev–Trinajstić information content (AvgIpc) is 2.91. The van der Waals surface area contributed by atoms with E-state index in [1.54, 1.807) is 9.80 Å². The van der Waals surface area contributed by atoms with Crippen molar-refractivity contribution < 1.29 is 23.5 Å². The van der Waals surface area contributed by atoms with Crippen LogP contribution in [0.25, 0.3) is 11.1 Å². The van der Waals surface area contributed by atoms with Crippen LogP contribution in [0.3, 0.4) is 0 Å². The Hall–Kier alpha value is -3.13. The van der Waals surface area contributed by atoms with E-state index in [0.29, 0.717) is 52.2 Å². The van der Waals surface area contributed by atoms with Gasteiger partial charge in [-0.05, 0) is 80.8 Å². The number of rotatable bonds is 2. The summed E-state index contributed by atoms with van der Waals surface area (Å²) in [5, 5.41) is 2.95. The predicted octanol–water partition coefficient (Wildman–Crippen LogP) is 6.19. The molecular formula is C30H38FN3O4. The number of hydrogen-bond donors (Lipinski definition) is 1. The zero-order valence-corrected chi connectivity index (χ0v) is 22.6. The number of alkyl halides is 1. The van der Waals surface area contributed by atoms with Gasteiger partial charge in [-0.25, -0.2) is 14.0 Å². The highest BCUT2D eigenvalue weighted by Gasteiger charge is 2.46. The van der Waals surface area contributed by atoms with Crippen molar-refractivity contribution in [2.75, 3.05) is 44.7 Å². The van der Waals surface area contributed by atoms with Crippen molar-refractivity contribution in [3.05, 3.63) is 53.6 Å². The number of anilines is 1. The number of hydrogen-bond acceptors (Lipinski definition) is 4. The fraction of sp³-hybridized carbons (Fsp3) is 0.533. The molecule has 0 radical (unpaired) electrons. The van der Waals surface area contributed by atoms with Gasteiger partial charge in [0.25, 0.3) is 0 Å². The van der Waals surface area contributed by atoms with Crippen LogP contribution in [0.4, 0.5) is 19.7 Å². The lowest BCUT2D eigenvalue weighted by Gasteiger charge is -2.46. The summed E-state index contributed by atoms with van der Waals surface area (Å²) in [6.07, 6.45) is 1.54. The number of benzene rings is 2. The molecule has 0 bridgehead atoms. The lowest BCUT2D eigenvalue weighted by molar-refractivity contribution is -0.0144. The van der Waals surface area contributed by atoms with Gasteiger partial charge in [0.2, 0.25) is 0 Å². The first-order valence-electron chi connectivity index (χ1n) is 13.6. The van der Waals surface area contributed by atoms with Crippen molar-refractivity contribution >= 4 is 17.8 Å². The second kappa shape index (κ2) is 10.6. The maximum Gasteiger partial charge on any atom is 0.410 e. The molecule has 2 heterocycles. The van der Waals surface area contributed by atoms with Gasteiger partial charge >= 0.3 is 12.1 Å². The fourth-order valence-corrected chi connectivity index (χ4v) is 5.77. The minimum Gasteiger partial charge on any atom is -0.444 e. The Bertz CT molecular complexity index is 1160. The molecule has 2 aromatic carbocycles. The number of piperidine rings is 1. The molecule has 204 valence electrons. The molecule has 38 heavy (non-hydrogen) atoms. The number of fused-ring (bicyclic) bond motifs is 1. The molecule has 2 saturated heterocycles. The van der Waals surface area contributed by atoms with Crippen molar-refractivity contribution in [1.29, 1.82) is 0 Å². The molecule has 0 aromatic heterocycles. The van der Waals surface area contributed by atoms with Gasteiger partial charge in [0.05, 0.1) is 13.2 Å². The Labute approximate surface area is 224 Å². The van der Waals surface area contributed by atoms with E-state index < -0.39 is 17.2 Å². The Morgan fingerprint density at radius 2 is 1.61 bits per heavy atom. The Balaban J connectivity index is 1.23. The van der Waals surface area contributed by atoms with Crippen LogP contribution >= 0.6 is 0 Å². The molecule has 8 heteroatoms. The molecule has 5 rings (SSSR count). The summed E-state index contributed by atoms with van der Waals surface area (Å²) < 4.78 is 26.8. The first kappa shape index (κ1) is 26.5. The lowest BCUT2D eigenvalue weighted by atomic mass is 9.65. The van der Waals surface area contributed by atoms with Crippen molar-refractivity contribution in [3.63, 3.8) is 0 Å². The van der Waals surface area contributed by atoms with Crippen molar-refractivity contribution in [2.24, 2.45) is 5.41 Å². The van der Waals surface area contributed by atoms with Gasteiger partial charge in [0.15, 0.2) is 0 Å². The molecule has 1 N–H and O–H groups in total. The van der Waals surface area contributed by atoms with Gasteiger partial charge in [0.1, 0.15) is 11.8 Å². The number of urea groups is 1. The van der Waals surface area contributed by atoms with Gasteiger partial charge in [-0.2, -0.15) is 0 Å². The standard InChI is InChI=1S/C30H38FN3O4/c1-29(2,3)38-28(36)34-14-12-30(13-15-34)11-10-23-20-22(6-9-25(23)26(30)31)21-4-7-24(8-5-21)32-27(35)33-16-18-37-19-17-33/h4-9,20,26H,10-19H2,1-3H3,(H,32,35). The van der Waals surface area contributed by atoms with Gasteiger partial charge in [-0.3, -0.25) is 0 Å². The number of nitrogens with one attached hydrogen (secondary N) is 1. The minimum absolute atomic E-state index is 0.116. The van der Waals surface area contributed by atoms with Crippen molar-refractivity contribution in [2.45, 2.75) is 58.2 Å². The Morgan fingerprint density at radius 1 is 0.947 bits per heavy atom. The van der Waals surface area contributed by atoms with E-state index in [4.69, 9.17) is 9.47 Å². The SMILES string of the molecule is CC(C)(C)OC(=O)N1CCC2(CCc3cc(-c4ccc(NC(=O)N5CCOCC5)cc4)ccc3C2F)CC1. The van der Waals surface area contributed by atoms with Crippen LogP contribution in [0.5, 0.6) is 0 Å². The monoisotopic (exact) mass is 523 g/mol. The number of morpholine rings is 1. The molecule has 1 spiro atoms. The summed E-state index contributed by atoms with van der Waals surface area (Å²) in [7, 11) is 0. The van der Waals surface area contributed by atoms with Crippen LogP contribution in [0.15, 0.2) is 42.5 Å². The smallest absolute Gasteiger partial charge is 0.410 e. The van der Waals surface area contributed by atoms with Gasteiger partial charge in [-0.1, -0.05) is 30.3 Å². The number of nitrogens with zero attached hydrogens (tertiary/aromatic N) is 2. The Kier molecular flexibility index (Phi) is 7.36. The normalized spacial score (nSPS) is 21.1. The van der Waals surface area contributed by atoms with Crippen molar-refractivity contribution in [3.8, 4) is 11.1 Å². The maximum absolute atomic E-state index is 16.0. The highest BCUT2D eigenvalue weighted by molar-refractivity contribution is 5.89. The molecule has 2 fully saturated rings. The van der Waals surface area contributed by atoms with Gasteiger partial charge in [0, 0.05) is 37.3 Å². The zero-order valence-electron chi connectivity index (χ0n) is 22.6. The van der Waals surface area contributed by atoms with Crippen molar-refractivity contribution in [1.82, 2.24) is 9.80 Å². The van der Waals surface area contributed by atoms with Crippen LogP contribution < -0.4 is 5.32 Å². The quantitative estimate of drug-likeness (QED) is 0.509. The van der Waals surface area contributed by atoms with Gasteiger partial charge < -0.3 is 24.6 Å². The molecule has 3 amide bonds. The number of amides is 3. The number of halogens is 1. The first-order chi connectivity index (χ1) is 18.1. The maximum atomic E-state index is 16.0. The highest BCUT2D eigenvalue weighted by atomic mass is 19.1. The molecule has 2 aromatic rings. The van der Waals surface area contributed by atoms with E-state index in [9.17, 15) is 9.59 Å². The van der Waals surface area contributed by atoms with E-state index >= 15 is 4.39 Å². The van der Waals surface area contributed by atoms with Crippen LogP contribution in [0.2, 0.25) is 0 Å². The second-order valence-electron chi connectivity index (χ2n) is 11.7. The van der Waals surface area contributed by atoms with E-state index in [0.717, 1.165) is 40.8 Å². The lowest BCUT2D eigenvalue weighted by Crippen LogP contribution is -2.47. The summed E-state index contributed by atoms with van der Waals surface area (Å²) in [5.41, 5.74) is 3.68. The molecule has 1 aliphatic carbocycles. The number of aryl methyl sites for hydroxylation is 1. The van der Waals surface area contributed by atoms with E-state index in [1.165, 1.54) is 0 Å². The third-order valence-corrected chi connectivity index (χ3v) is 8.02. The summed E-state index contributed by atoms with van der Waals surface area (Å²) in [5.74, 6) is 0. The zero-order chi connectivity index (χ0) is 26.9. The van der Waals surface area contributed by atoms with Crippen LogP contribution in [-0.4, -0.2) is 66.9 Å². The second-order valence-corrected chi connectivity index (χ2v) is 11.7. The molecule has 3 aliphatic rings. The number of carbonyl (C=O) groups is 2. The molecule has 1 atom stereocenters. The summed E-state index contributed by atoms with van der Waals surface area (Å²) in [6.45, 7) is 8.95. The van der Waals surface area contributed by atoms with Crippen LogP contribution in [0, 0.1) is 5.41 Å².